The molecule has 0 bridgehead atoms. The third kappa shape index (κ3) is 4.17. The molecular formula is C10H19N3S. The highest BCUT2D eigenvalue weighted by Gasteiger charge is 2.14. The van der Waals surface area contributed by atoms with Crippen LogP contribution in [0.25, 0.3) is 0 Å². The molecule has 1 rings (SSSR count). The lowest BCUT2D eigenvalue weighted by Crippen LogP contribution is -2.34. The summed E-state index contributed by atoms with van der Waals surface area (Å²) in [6, 6.07) is 0. The van der Waals surface area contributed by atoms with Crippen LogP contribution < -0.4 is 5.73 Å². The van der Waals surface area contributed by atoms with Crippen molar-refractivity contribution < 1.29 is 0 Å². The highest BCUT2D eigenvalue weighted by Crippen LogP contribution is 2.18. The zero-order chi connectivity index (χ0) is 10.8. The normalized spacial score (nSPS) is 12.4. The van der Waals surface area contributed by atoms with Crippen molar-refractivity contribution in [2.75, 3.05) is 14.1 Å². The van der Waals surface area contributed by atoms with Gasteiger partial charge in [-0.15, -0.1) is 11.3 Å². The molecule has 0 atom stereocenters. The number of aromatic nitrogens is 1. The second kappa shape index (κ2) is 4.38. The smallest absolute Gasteiger partial charge is 0.0946 e. The van der Waals surface area contributed by atoms with Crippen LogP contribution in [0.2, 0.25) is 0 Å². The fraction of sp³-hybridized carbons (Fsp3) is 0.700. The Labute approximate surface area is 89.9 Å². The Morgan fingerprint density at radius 1 is 1.50 bits per heavy atom. The summed E-state index contributed by atoms with van der Waals surface area (Å²) >= 11 is 1.76. The molecule has 0 amide bonds. The van der Waals surface area contributed by atoms with Crippen LogP contribution in [0.5, 0.6) is 0 Å². The number of hydrogen-bond donors (Lipinski definition) is 1. The molecule has 4 heteroatoms. The Balaban J connectivity index is 2.60. The molecule has 3 nitrogen and oxygen atoms in total. The molecule has 0 aliphatic carbocycles. The maximum Gasteiger partial charge on any atom is 0.0946 e. The van der Waals surface area contributed by atoms with E-state index in [4.69, 9.17) is 5.73 Å². The van der Waals surface area contributed by atoms with E-state index >= 15 is 0 Å². The molecule has 1 aromatic rings. The van der Waals surface area contributed by atoms with Gasteiger partial charge in [0.2, 0.25) is 0 Å². The molecule has 0 spiro atoms. The van der Waals surface area contributed by atoms with Gasteiger partial charge in [-0.2, -0.15) is 0 Å². The third-order valence-electron chi connectivity index (χ3n) is 1.68. The monoisotopic (exact) mass is 213 g/mol. The summed E-state index contributed by atoms with van der Waals surface area (Å²) in [5.41, 5.74) is 5.77. The molecule has 0 radical (unpaired) electrons. The van der Waals surface area contributed by atoms with Crippen molar-refractivity contribution in [3.63, 3.8) is 0 Å². The summed E-state index contributed by atoms with van der Waals surface area (Å²) in [5.74, 6) is 0. The number of thiazole rings is 1. The lowest BCUT2D eigenvalue weighted by molar-refractivity contribution is 0.406. The van der Waals surface area contributed by atoms with Gasteiger partial charge in [0.05, 0.1) is 5.01 Å². The van der Waals surface area contributed by atoms with Crippen molar-refractivity contribution in [3.05, 3.63) is 16.1 Å². The van der Waals surface area contributed by atoms with Gasteiger partial charge in [0.25, 0.3) is 0 Å². The van der Waals surface area contributed by atoms with E-state index in [-0.39, 0.29) is 5.54 Å². The van der Waals surface area contributed by atoms with Gasteiger partial charge in [-0.25, -0.2) is 4.98 Å². The van der Waals surface area contributed by atoms with Crippen molar-refractivity contribution in [1.29, 1.82) is 0 Å². The van der Waals surface area contributed by atoms with E-state index in [1.165, 1.54) is 4.88 Å². The highest BCUT2D eigenvalue weighted by molar-refractivity contribution is 7.11. The van der Waals surface area contributed by atoms with Crippen molar-refractivity contribution >= 4 is 11.3 Å². The summed E-state index contributed by atoms with van der Waals surface area (Å²) in [4.78, 5) is 7.81. The highest BCUT2D eigenvalue weighted by atomic mass is 32.1. The summed E-state index contributed by atoms with van der Waals surface area (Å²) < 4.78 is 0. The maximum atomic E-state index is 5.93. The first kappa shape index (κ1) is 11.6. The number of hydrogen-bond acceptors (Lipinski definition) is 4. The van der Waals surface area contributed by atoms with E-state index in [1.807, 2.05) is 20.0 Å². The molecule has 2 N–H and O–H groups in total. The summed E-state index contributed by atoms with van der Waals surface area (Å²) in [6.45, 7) is 5.02. The zero-order valence-electron chi connectivity index (χ0n) is 9.37. The van der Waals surface area contributed by atoms with Gasteiger partial charge in [-0.05, 0) is 27.9 Å². The van der Waals surface area contributed by atoms with Crippen LogP contribution in [0.1, 0.15) is 23.7 Å². The minimum absolute atomic E-state index is 0.159. The minimum atomic E-state index is -0.159. The van der Waals surface area contributed by atoms with Gasteiger partial charge in [-0.1, -0.05) is 0 Å². The quantitative estimate of drug-likeness (QED) is 0.824. The van der Waals surface area contributed by atoms with Gasteiger partial charge < -0.3 is 10.6 Å². The van der Waals surface area contributed by atoms with Crippen LogP contribution in [0.15, 0.2) is 6.20 Å². The van der Waals surface area contributed by atoms with Crippen LogP contribution >= 0.6 is 11.3 Å². The van der Waals surface area contributed by atoms with Crippen LogP contribution in [0, 0.1) is 0 Å². The van der Waals surface area contributed by atoms with Gasteiger partial charge in [0.15, 0.2) is 0 Å². The van der Waals surface area contributed by atoms with E-state index in [2.05, 4.69) is 24.0 Å². The lowest BCUT2D eigenvalue weighted by atomic mass is 10.0. The topological polar surface area (TPSA) is 42.2 Å². The van der Waals surface area contributed by atoms with Crippen molar-refractivity contribution in [3.8, 4) is 0 Å². The SMILES string of the molecule is CN(C)Cc1cnc(CC(C)(C)N)s1. The lowest BCUT2D eigenvalue weighted by Gasteiger charge is -2.15. The van der Waals surface area contributed by atoms with Crippen molar-refractivity contribution in [2.45, 2.75) is 32.4 Å². The molecule has 0 saturated heterocycles. The molecule has 80 valence electrons. The Bertz CT molecular complexity index is 286. The summed E-state index contributed by atoms with van der Waals surface area (Å²) in [7, 11) is 4.12. The molecule has 0 aliphatic heterocycles. The zero-order valence-corrected chi connectivity index (χ0v) is 10.2. The first-order chi connectivity index (χ1) is 6.37. The number of nitrogens with zero attached hydrogens (tertiary/aromatic N) is 2. The minimum Gasteiger partial charge on any atom is -0.325 e. The predicted octanol–water partition coefficient (Wildman–Crippen LogP) is 1.48. The molecule has 1 aromatic heterocycles. The molecule has 14 heavy (non-hydrogen) atoms. The van der Waals surface area contributed by atoms with Gasteiger partial charge in [0.1, 0.15) is 0 Å². The predicted molar refractivity (Wildman–Crippen MR) is 61.5 cm³/mol. The Hall–Kier alpha value is -0.450. The Kier molecular flexibility index (Phi) is 3.64. The molecule has 0 fully saturated rings. The maximum absolute atomic E-state index is 5.93. The van der Waals surface area contributed by atoms with Gasteiger partial charge in [0, 0.05) is 29.6 Å². The van der Waals surface area contributed by atoms with E-state index in [0.717, 1.165) is 18.0 Å². The fourth-order valence-electron chi connectivity index (χ4n) is 1.20. The average Bonchev–Trinajstić information content (AvgIpc) is 2.30. The van der Waals surface area contributed by atoms with Gasteiger partial charge >= 0.3 is 0 Å². The van der Waals surface area contributed by atoms with Crippen molar-refractivity contribution in [2.24, 2.45) is 5.73 Å². The van der Waals surface area contributed by atoms with E-state index in [9.17, 15) is 0 Å². The molecule has 0 unspecified atom stereocenters. The van der Waals surface area contributed by atoms with E-state index in [0.29, 0.717) is 0 Å². The third-order valence-corrected chi connectivity index (χ3v) is 2.66. The van der Waals surface area contributed by atoms with Gasteiger partial charge in [-0.3, -0.25) is 0 Å². The molecular weight excluding hydrogens is 194 g/mol. The second-order valence-electron chi connectivity index (χ2n) is 4.62. The van der Waals surface area contributed by atoms with Crippen LogP contribution in [0.3, 0.4) is 0 Å². The Morgan fingerprint density at radius 3 is 2.64 bits per heavy atom. The molecule has 1 heterocycles. The second-order valence-corrected chi connectivity index (χ2v) is 5.82. The molecule has 0 saturated carbocycles. The average molecular weight is 213 g/mol. The standard InChI is InChI=1S/C10H19N3S/c1-10(2,11)5-9-12-6-8(14-9)7-13(3)4/h6H,5,7,11H2,1-4H3. The first-order valence-corrected chi connectivity index (χ1v) is 5.56. The first-order valence-electron chi connectivity index (χ1n) is 4.74. The van der Waals surface area contributed by atoms with Crippen LogP contribution in [0.4, 0.5) is 0 Å². The van der Waals surface area contributed by atoms with Crippen LogP contribution in [-0.4, -0.2) is 29.5 Å². The van der Waals surface area contributed by atoms with Crippen LogP contribution in [-0.2, 0) is 13.0 Å². The summed E-state index contributed by atoms with van der Waals surface area (Å²) in [5, 5.41) is 1.13. The Morgan fingerprint density at radius 2 is 2.14 bits per heavy atom. The number of nitrogens with two attached hydrogens (primary N) is 1. The summed E-state index contributed by atoms with van der Waals surface area (Å²) in [6.07, 6.45) is 2.80. The molecule has 0 aromatic carbocycles. The van der Waals surface area contributed by atoms with E-state index < -0.39 is 0 Å². The largest absolute Gasteiger partial charge is 0.325 e. The number of rotatable bonds is 4. The van der Waals surface area contributed by atoms with E-state index in [1.54, 1.807) is 11.3 Å². The molecule has 0 aliphatic rings. The van der Waals surface area contributed by atoms with Crippen molar-refractivity contribution in [1.82, 2.24) is 9.88 Å². The fourth-order valence-corrected chi connectivity index (χ4v) is 2.48.